The van der Waals surface area contributed by atoms with Crippen LogP contribution >= 0.6 is 11.3 Å². The molecule has 2 heterocycles. The van der Waals surface area contributed by atoms with Gasteiger partial charge in [0.15, 0.2) is 0 Å². The number of hydrogen-bond donors (Lipinski definition) is 4. The number of carboxylic acids is 4. The van der Waals surface area contributed by atoms with Crippen molar-refractivity contribution in [3.05, 3.63) is 82.0 Å². The first-order valence-corrected chi connectivity index (χ1v) is 15.6. The molecule has 47 heavy (non-hydrogen) atoms. The highest BCUT2D eigenvalue weighted by molar-refractivity contribution is 7.15. The average molecular weight is 671 g/mol. The molecule has 0 spiro atoms. The number of benzene rings is 2. The van der Waals surface area contributed by atoms with E-state index in [9.17, 15) is 48.8 Å². The second-order valence-electron chi connectivity index (χ2n) is 11.7. The smallest absolute Gasteiger partial charge is 0.306 e. The molecule has 1 aromatic heterocycles. The monoisotopic (exact) mass is 670 g/mol. The summed E-state index contributed by atoms with van der Waals surface area (Å²) >= 11 is 1.48. The van der Waals surface area contributed by atoms with Crippen molar-refractivity contribution in [3.63, 3.8) is 0 Å². The molecule has 0 aliphatic carbocycles. The van der Waals surface area contributed by atoms with Crippen LogP contribution in [0.5, 0.6) is 0 Å². The van der Waals surface area contributed by atoms with E-state index in [2.05, 4.69) is 0 Å². The molecular weight excluding hydrogens is 635 g/mol. The summed E-state index contributed by atoms with van der Waals surface area (Å²) in [6, 6.07) is 15.0. The number of aryl methyl sites for hydroxylation is 1. The third-order valence-corrected chi connectivity index (χ3v) is 9.71. The number of carbonyl (C=O) groups is 5. The summed E-state index contributed by atoms with van der Waals surface area (Å²) in [5.74, 6) is -10.0. The second kappa shape index (κ2) is 14.9. The lowest BCUT2D eigenvalue weighted by atomic mass is 9.61. The van der Waals surface area contributed by atoms with Crippen molar-refractivity contribution in [3.8, 4) is 10.4 Å². The maximum Gasteiger partial charge on any atom is 0.306 e. The molecule has 5 atom stereocenters. The lowest BCUT2D eigenvalue weighted by molar-refractivity contribution is -0.240. The van der Waals surface area contributed by atoms with Crippen molar-refractivity contribution >= 4 is 41.2 Å². The van der Waals surface area contributed by atoms with Crippen LogP contribution in [0.1, 0.15) is 54.2 Å². The van der Waals surface area contributed by atoms with Gasteiger partial charge in [0, 0.05) is 41.4 Å². The zero-order valence-corrected chi connectivity index (χ0v) is 26.5. The number of halogens is 1. The summed E-state index contributed by atoms with van der Waals surface area (Å²) in [5, 5.41) is 39.8. The molecule has 11 nitrogen and oxygen atoms in total. The van der Waals surface area contributed by atoms with Crippen molar-refractivity contribution < 1.29 is 58.3 Å². The van der Waals surface area contributed by atoms with Gasteiger partial charge >= 0.3 is 29.8 Å². The Bertz CT molecular complexity index is 1650. The number of aliphatic carboxylic acids is 4. The first kappa shape index (κ1) is 35.2. The Hall–Kier alpha value is -4.62. The van der Waals surface area contributed by atoms with E-state index in [1.54, 1.807) is 30.3 Å². The van der Waals surface area contributed by atoms with Crippen LogP contribution in [-0.4, -0.2) is 63.0 Å². The highest BCUT2D eigenvalue weighted by Crippen LogP contribution is 2.53. The lowest BCUT2D eigenvalue weighted by Gasteiger charge is -2.53. The number of hydrogen-bond acceptors (Lipinski definition) is 8. The fraction of sp³-hybridized carbons (Fsp3) is 0.382. The van der Waals surface area contributed by atoms with E-state index in [-0.39, 0.29) is 11.4 Å². The van der Waals surface area contributed by atoms with Crippen LogP contribution in [0, 0.1) is 30.5 Å². The standard InChI is InChI=1S/C34H35FO11S/c1-18-3-6-22(11-21(18)12-24-9-10-29(47-24)20-4-7-23(35)8-5-20)34(16-33(43)44)27(15-32(41)42)25(13-30(37)38)26(14-31(39)40)28(46-34)17-45-19(2)36/h3-11,25-28H,12-17H2,1-2H3,(H,37,38)(H,39,40)(H,41,42)(H,43,44)/t25-,26+,27+,28-,34-/m0/s1. The zero-order chi connectivity index (χ0) is 34.5. The summed E-state index contributed by atoms with van der Waals surface area (Å²) in [7, 11) is 0. The highest BCUT2D eigenvalue weighted by atomic mass is 32.1. The minimum Gasteiger partial charge on any atom is -0.481 e. The van der Waals surface area contributed by atoms with Crippen LogP contribution in [-0.2, 0) is 45.5 Å². The Labute approximate surface area is 273 Å². The molecule has 0 bridgehead atoms. The van der Waals surface area contributed by atoms with E-state index < -0.39 is 91.6 Å². The highest BCUT2D eigenvalue weighted by Gasteiger charge is 2.57. The Morgan fingerprint density at radius 3 is 2.09 bits per heavy atom. The van der Waals surface area contributed by atoms with E-state index >= 15 is 0 Å². The topological polar surface area (TPSA) is 185 Å². The predicted molar refractivity (Wildman–Crippen MR) is 166 cm³/mol. The van der Waals surface area contributed by atoms with Crippen LogP contribution in [0.15, 0.2) is 54.6 Å². The Balaban J connectivity index is 1.85. The van der Waals surface area contributed by atoms with Gasteiger partial charge in [-0.2, -0.15) is 0 Å². The Morgan fingerprint density at radius 1 is 0.851 bits per heavy atom. The molecule has 13 heteroatoms. The molecule has 0 saturated carbocycles. The first-order chi connectivity index (χ1) is 22.2. The Kier molecular flexibility index (Phi) is 11.1. The van der Waals surface area contributed by atoms with Crippen LogP contribution in [0.3, 0.4) is 0 Å². The van der Waals surface area contributed by atoms with E-state index in [1.165, 1.54) is 23.5 Å². The number of esters is 1. The molecular formula is C34H35FO11S. The maximum atomic E-state index is 13.5. The number of ether oxygens (including phenoxy) is 2. The van der Waals surface area contributed by atoms with Gasteiger partial charge < -0.3 is 29.9 Å². The van der Waals surface area contributed by atoms with Crippen LogP contribution in [0.4, 0.5) is 4.39 Å². The van der Waals surface area contributed by atoms with E-state index in [1.807, 2.05) is 19.1 Å². The second-order valence-corrected chi connectivity index (χ2v) is 12.9. The van der Waals surface area contributed by atoms with Crippen molar-refractivity contribution in [1.29, 1.82) is 0 Å². The minimum atomic E-state index is -1.93. The Morgan fingerprint density at radius 2 is 1.49 bits per heavy atom. The normalized spacial score (nSPS) is 22.4. The van der Waals surface area contributed by atoms with Crippen molar-refractivity contribution in [2.24, 2.45) is 17.8 Å². The zero-order valence-electron chi connectivity index (χ0n) is 25.7. The summed E-state index contributed by atoms with van der Waals surface area (Å²) in [6.07, 6.45) is -3.64. The van der Waals surface area contributed by atoms with Gasteiger partial charge in [0.2, 0.25) is 0 Å². The van der Waals surface area contributed by atoms with Crippen molar-refractivity contribution in [1.82, 2.24) is 0 Å². The molecule has 1 fully saturated rings. The largest absolute Gasteiger partial charge is 0.481 e. The molecule has 250 valence electrons. The average Bonchev–Trinajstić information content (AvgIpc) is 3.44. The number of rotatable bonds is 14. The fourth-order valence-electron chi connectivity index (χ4n) is 6.54. The van der Waals surface area contributed by atoms with Gasteiger partial charge in [0.1, 0.15) is 18.0 Å². The number of carboxylic acid groups (broad SMARTS) is 4. The first-order valence-electron chi connectivity index (χ1n) is 14.8. The van der Waals surface area contributed by atoms with Gasteiger partial charge in [-0.05, 0) is 59.4 Å². The summed E-state index contributed by atoms with van der Waals surface area (Å²) < 4.78 is 25.1. The van der Waals surface area contributed by atoms with E-state index in [4.69, 9.17) is 9.47 Å². The number of thiophene rings is 1. The number of carbonyl (C=O) groups excluding carboxylic acids is 1. The van der Waals surface area contributed by atoms with Gasteiger partial charge in [0.25, 0.3) is 0 Å². The molecule has 4 N–H and O–H groups in total. The lowest BCUT2D eigenvalue weighted by Crippen LogP contribution is -2.57. The molecule has 3 aromatic rings. The van der Waals surface area contributed by atoms with Gasteiger partial charge in [-0.1, -0.05) is 30.3 Å². The predicted octanol–water partition coefficient (Wildman–Crippen LogP) is 5.36. The van der Waals surface area contributed by atoms with Crippen LogP contribution < -0.4 is 0 Å². The molecule has 1 saturated heterocycles. The summed E-state index contributed by atoms with van der Waals surface area (Å²) in [6.45, 7) is 2.48. The van der Waals surface area contributed by atoms with Gasteiger partial charge in [0.05, 0.1) is 25.4 Å². The molecule has 2 aromatic carbocycles. The van der Waals surface area contributed by atoms with Gasteiger partial charge in [-0.25, -0.2) is 4.39 Å². The molecule has 0 radical (unpaired) electrons. The van der Waals surface area contributed by atoms with E-state index in [0.29, 0.717) is 6.42 Å². The summed E-state index contributed by atoms with van der Waals surface area (Å²) in [5.41, 5.74) is 0.778. The van der Waals surface area contributed by atoms with Gasteiger partial charge in [-0.15, -0.1) is 11.3 Å². The van der Waals surface area contributed by atoms with Crippen molar-refractivity contribution in [2.75, 3.05) is 6.61 Å². The SMILES string of the molecule is CC(=O)OC[C@@H]1O[C@@](CC(=O)O)(c2ccc(C)c(Cc3ccc(-c4ccc(F)cc4)s3)c2)[C@H](CC(=O)O)[C@@H](CC(=O)O)[C@H]1CC(=O)O. The fourth-order valence-corrected chi connectivity index (χ4v) is 7.58. The molecule has 1 aliphatic heterocycles. The molecule has 1 aliphatic rings. The maximum absolute atomic E-state index is 13.5. The quantitative estimate of drug-likeness (QED) is 0.162. The third kappa shape index (κ3) is 8.60. The molecule has 0 unspecified atom stereocenters. The van der Waals surface area contributed by atoms with Crippen molar-refractivity contribution in [2.45, 2.75) is 57.7 Å². The van der Waals surface area contributed by atoms with E-state index in [0.717, 1.165) is 33.4 Å². The van der Waals surface area contributed by atoms with Crippen LogP contribution in [0.25, 0.3) is 10.4 Å². The molecule has 0 amide bonds. The minimum absolute atomic E-state index is 0.277. The third-order valence-electron chi connectivity index (χ3n) is 8.58. The van der Waals surface area contributed by atoms with Gasteiger partial charge in [-0.3, -0.25) is 24.0 Å². The van der Waals surface area contributed by atoms with Crippen LogP contribution in [0.2, 0.25) is 0 Å². The summed E-state index contributed by atoms with van der Waals surface area (Å²) in [4.78, 5) is 62.5. The molecule has 4 rings (SSSR count).